The van der Waals surface area contributed by atoms with Gasteiger partial charge in [-0.2, -0.15) is 11.8 Å². The minimum atomic E-state index is -0.0114. The third-order valence-corrected chi connectivity index (χ3v) is 5.10. The molecule has 16 heavy (non-hydrogen) atoms. The second kappa shape index (κ2) is 4.84. The molecule has 0 saturated carbocycles. The van der Waals surface area contributed by atoms with E-state index in [0.29, 0.717) is 0 Å². The maximum absolute atomic E-state index is 6.06. The topological polar surface area (TPSA) is 38.5 Å². The number of rotatable bonds is 2. The Bertz CT molecular complexity index is 239. The fourth-order valence-corrected chi connectivity index (χ4v) is 4.12. The van der Waals surface area contributed by atoms with E-state index in [1.807, 2.05) is 0 Å². The number of hydrogen-bond donors (Lipinski definition) is 1. The Morgan fingerprint density at radius 3 is 2.81 bits per heavy atom. The first kappa shape index (κ1) is 12.7. The molecule has 2 rings (SSSR count). The summed E-state index contributed by atoms with van der Waals surface area (Å²) in [6.07, 6.45) is 2.56. The molecule has 4 heteroatoms. The SMILES string of the molecule is CC1(C)CN(C2(CN)CCCSC2)CCO1. The van der Waals surface area contributed by atoms with Gasteiger partial charge in [0.05, 0.1) is 12.2 Å². The van der Waals surface area contributed by atoms with E-state index in [1.54, 1.807) is 0 Å². The van der Waals surface area contributed by atoms with Gasteiger partial charge in [0, 0.05) is 30.9 Å². The lowest BCUT2D eigenvalue weighted by Crippen LogP contribution is -2.63. The van der Waals surface area contributed by atoms with Crippen LogP contribution in [0.5, 0.6) is 0 Å². The molecule has 2 aliphatic rings. The first-order valence-corrected chi connectivity index (χ1v) is 7.40. The van der Waals surface area contributed by atoms with E-state index in [2.05, 4.69) is 30.5 Å². The average molecular weight is 244 g/mol. The van der Waals surface area contributed by atoms with Gasteiger partial charge in [0.25, 0.3) is 0 Å². The number of ether oxygens (including phenoxy) is 1. The Kier molecular flexibility index (Phi) is 3.84. The minimum Gasteiger partial charge on any atom is -0.373 e. The van der Waals surface area contributed by atoms with Crippen molar-refractivity contribution in [1.82, 2.24) is 4.90 Å². The molecule has 2 saturated heterocycles. The highest BCUT2D eigenvalue weighted by molar-refractivity contribution is 7.99. The standard InChI is InChI=1S/C12H24N2OS/c1-11(2)9-14(5-6-15-11)12(8-13)4-3-7-16-10-12/h3-10,13H2,1-2H3. The Morgan fingerprint density at radius 2 is 2.25 bits per heavy atom. The molecule has 3 nitrogen and oxygen atoms in total. The average Bonchev–Trinajstić information content (AvgIpc) is 2.29. The number of hydrogen-bond acceptors (Lipinski definition) is 4. The molecule has 2 fully saturated rings. The smallest absolute Gasteiger partial charge is 0.0753 e. The zero-order valence-electron chi connectivity index (χ0n) is 10.5. The minimum absolute atomic E-state index is 0.0114. The van der Waals surface area contributed by atoms with Crippen molar-refractivity contribution in [2.75, 3.05) is 37.7 Å². The van der Waals surface area contributed by atoms with Crippen molar-refractivity contribution < 1.29 is 4.74 Å². The molecule has 0 aliphatic carbocycles. The highest BCUT2D eigenvalue weighted by Crippen LogP contribution is 2.34. The fraction of sp³-hybridized carbons (Fsp3) is 1.00. The van der Waals surface area contributed by atoms with Crippen molar-refractivity contribution >= 4 is 11.8 Å². The summed E-state index contributed by atoms with van der Waals surface area (Å²) in [5.74, 6) is 2.50. The number of nitrogens with two attached hydrogens (primary N) is 1. The second-order valence-electron chi connectivity index (χ2n) is 5.61. The van der Waals surface area contributed by atoms with E-state index in [0.717, 1.165) is 26.2 Å². The maximum Gasteiger partial charge on any atom is 0.0753 e. The third-order valence-electron chi connectivity index (χ3n) is 3.78. The summed E-state index contributed by atoms with van der Waals surface area (Å²) in [6, 6.07) is 0. The van der Waals surface area contributed by atoms with E-state index in [9.17, 15) is 0 Å². The number of morpholine rings is 1. The fourth-order valence-electron chi connectivity index (χ4n) is 2.80. The van der Waals surface area contributed by atoms with Crippen LogP contribution in [-0.2, 0) is 4.74 Å². The van der Waals surface area contributed by atoms with Gasteiger partial charge in [-0.05, 0) is 32.4 Å². The molecule has 2 N–H and O–H groups in total. The summed E-state index contributed by atoms with van der Waals surface area (Å²) >= 11 is 2.06. The van der Waals surface area contributed by atoms with Crippen molar-refractivity contribution in [1.29, 1.82) is 0 Å². The van der Waals surface area contributed by atoms with Gasteiger partial charge in [0.1, 0.15) is 0 Å². The third kappa shape index (κ3) is 2.55. The van der Waals surface area contributed by atoms with Crippen LogP contribution in [0, 0.1) is 0 Å². The summed E-state index contributed by atoms with van der Waals surface area (Å²) in [5.41, 5.74) is 6.29. The van der Waals surface area contributed by atoms with Gasteiger partial charge in [-0.15, -0.1) is 0 Å². The summed E-state index contributed by atoms with van der Waals surface area (Å²) in [5, 5.41) is 0. The molecule has 0 aromatic rings. The molecule has 0 bridgehead atoms. The molecule has 0 spiro atoms. The van der Waals surface area contributed by atoms with Crippen LogP contribution in [0.15, 0.2) is 0 Å². The summed E-state index contributed by atoms with van der Waals surface area (Å²) in [4.78, 5) is 2.59. The Morgan fingerprint density at radius 1 is 1.44 bits per heavy atom. The molecular formula is C12H24N2OS. The zero-order valence-corrected chi connectivity index (χ0v) is 11.3. The Labute approximate surface area is 103 Å². The van der Waals surface area contributed by atoms with Crippen molar-refractivity contribution in [2.45, 2.75) is 37.8 Å². The normalized spacial score (nSPS) is 36.2. The van der Waals surface area contributed by atoms with Crippen LogP contribution in [0.25, 0.3) is 0 Å². The molecule has 1 unspecified atom stereocenters. The predicted molar refractivity (Wildman–Crippen MR) is 69.9 cm³/mol. The van der Waals surface area contributed by atoms with Crippen LogP contribution < -0.4 is 5.73 Å². The molecule has 0 radical (unpaired) electrons. The number of thioether (sulfide) groups is 1. The monoisotopic (exact) mass is 244 g/mol. The van der Waals surface area contributed by atoms with Crippen LogP contribution in [0.3, 0.4) is 0 Å². The lowest BCUT2D eigenvalue weighted by molar-refractivity contribution is -0.113. The van der Waals surface area contributed by atoms with Gasteiger partial charge in [-0.3, -0.25) is 4.90 Å². The highest BCUT2D eigenvalue weighted by Gasteiger charge is 2.41. The van der Waals surface area contributed by atoms with Crippen molar-refractivity contribution in [2.24, 2.45) is 5.73 Å². The van der Waals surface area contributed by atoms with E-state index in [1.165, 1.54) is 24.3 Å². The lowest BCUT2D eigenvalue weighted by Gasteiger charge is -2.50. The van der Waals surface area contributed by atoms with E-state index in [4.69, 9.17) is 10.5 Å². The molecule has 2 heterocycles. The first-order chi connectivity index (χ1) is 7.58. The van der Waals surface area contributed by atoms with E-state index >= 15 is 0 Å². The van der Waals surface area contributed by atoms with Crippen LogP contribution >= 0.6 is 11.8 Å². The lowest BCUT2D eigenvalue weighted by atomic mass is 9.90. The van der Waals surface area contributed by atoms with Crippen LogP contribution in [0.2, 0.25) is 0 Å². The maximum atomic E-state index is 6.06. The molecular weight excluding hydrogens is 220 g/mol. The van der Waals surface area contributed by atoms with Gasteiger partial charge in [-0.25, -0.2) is 0 Å². The van der Waals surface area contributed by atoms with E-state index < -0.39 is 0 Å². The first-order valence-electron chi connectivity index (χ1n) is 6.25. The van der Waals surface area contributed by atoms with Crippen LogP contribution in [0.1, 0.15) is 26.7 Å². The zero-order chi connectivity index (χ0) is 11.6. The van der Waals surface area contributed by atoms with Crippen molar-refractivity contribution in [3.63, 3.8) is 0 Å². The predicted octanol–water partition coefficient (Wildman–Crippen LogP) is 1.32. The van der Waals surface area contributed by atoms with Crippen LogP contribution in [-0.4, -0.2) is 53.8 Å². The molecule has 0 amide bonds. The Balaban J connectivity index is 2.08. The van der Waals surface area contributed by atoms with Crippen molar-refractivity contribution in [3.05, 3.63) is 0 Å². The van der Waals surface area contributed by atoms with Crippen LogP contribution in [0.4, 0.5) is 0 Å². The van der Waals surface area contributed by atoms with Gasteiger partial charge < -0.3 is 10.5 Å². The van der Waals surface area contributed by atoms with Gasteiger partial charge in [0.15, 0.2) is 0 Å². The summed E-state index contributed by atoms with van der Waals surface area (Å²) in [6.45, 7) is 8.06. The summed E-state index contributed by atoms with van der Waals surface area (Å²) < 4.78 is 5.79. The number of nitrogens with zero attached hydrogens (tertiary/aromatic N) is 1. The molecule has 0 aromatic heterocycles. The van der Waals surface area contributed by atoms with Gasteiger partial charge in [0.2, 0.25) is 0 Å². The summed E-state index contributed by atoms with van der Waals surface area (Å²) in [7, 11) is 0. The molecule has 94 valence electrons. The molecule has 0 aromatic carbocycles. The Hall–Kier alpha value is 0.230. The molecule has 1 atom stereocenters. The quantitative estimate of drug-likeness (QED) is 0.795. The highest BCUT2D eigenvalue weighted by atomic mass is 32.2. The van der Waals surface area contributed by atoms with E-state index in [-0.39, 0.29) is 11.1 Å². The van der Waals surface area contributed by atoms with Gasteiger partial charge in [-0.1, -0.05) is 0 Å². The molecule has 2 aliphatic heterocycles. The largest absolute Gasteiger partial charge is 0.373 e. The second-order valence-corrected chi connectivity index (χ2v) is 6.72. The van der Waals surface area contributed by atoms with Gasteiger partial charge >= 0.3 is 0 Å². The van der Waals surface area contributed by atoms with Crippen molar-refractivity contribution in [3.8, 4) is 0 Å².